The van der Waals surface area contributed by atoms with E-state index >= 15 is 0 Å². The molecule has 7 heteroatoms. The number of halogens is 1. The van der Waals surface area contributed by atoms with Gasteiger partial charge in [-0.25, -0.2) is 9.37 Å². The molecule has 2 aromatic rings. The molecule has 0 aliphatic carbocycles. The highest BCUT2D eigenvalue weighted by Gasteiger charge is 2.30. The second-order valence-corrected chi connectivity index (χ2v) is 7.05. The van der Waals surface area contributed by atoms with Crippen LogP contribution in [-0.2, 0) is 4.79 Å². The molecule has 1 aromatic heterocycles. The summed E-state index contributed by atoms with van der Waals surface area (Å²) in [6, 6.07) is 5.21. The summed E-state index contributed by atoms with van der Waals surface area (Å²) in [6.45, 7) is 5.64. The van der Waals surface area contributed by atoms with Gasteiger partial charge in [-0.15, -0.1) is 0 Å². The number of aromatic nitrogens is 1. The highest BCUT2D eigenvalue weighted by molar-refractivity contribution is 6.02. The van der Waals surface area contributed by atoms with Crippen LogP contribution in [0.2, 0.25) is 0 Å². The van der Waals surface area contributed by atoms with Gasteiger partial charge < -0.3 is 14.8 Å². The summed E-state index contributed by atoms with van der Waals surface area (Å²) >= 11 is 0. The molecule has 0 aliphatic rings. The average molecular weight is 404 g/mol. The fourth-order valence-corrected chi connectivity index (χ4v) is 3.44. The second-order valence-electron chi connectivity index (χ2n) is 7.05. The number of carbonyl (C=O) groups excluding carboxylic acids is 2. The quantitative estimate of drug-likeness (QED) is 0.649. The average Bonchev–Trinajstić information content (AvgIpc) is 2.75. The normalized spacial score (nSPS) is 14.1. The van der Waals surface area contributed by atoms with Crippen molar-refractivity contribution >= 4 is 22.5 Å². The van der Waals surface area contributed by atoms with Crippen molar-refractivity contribution in [1.82, 2.24) is 10.3 Å². The smallest absolute Gasteiger partial charge is 0.254 e. The fourth-order valence-electron chi connectivity index (χ4n) is 3.44. The van der Waals surface area contributed by atoms with Crippen molar-refractivity contribution in [2.75, 3.05) is 20.8 Å². The Morgan fingerprint density at radius 1 is 1.28 bits per heavy atom. The minimum atomic E-state index is -1.49. The third-order valence-corrected chi connectivity index (χ3v) is 5.24. The Labute approximate surface area is 170 Å². The van der Waals surface area contributed by atoms with E-state index in [2.05, 4.69) is 10.3 Å². The van der Waals surface area contributed by atoms with Crippen LogP contribution in [0.5, 0.6) is 11.6 Å². The molecule has 0 spiro atoms. The van der Waals surface area contributed by atoms with Gasteiger partial charge in [0.2, 0.25) is 5.88 Å². The van der Waals surface area contributed by atoms with E-state index in [-0.39, 0.29) is 30.6 Å². The van der Waals surface area contributed by atoms with Crippen LogP contribution in [-0.4, -0.2) is 43.6 Å². The van der Waals surface area contributed by atoms with Gasteiger partial charge in [0.1, 0.15) is 5.75 Å². The maximum atomic E-state index is 14.5. The Kier molecular flexibility index (Phi) is 7.93. The Balaban J connectivity index is 2.28. The first kappa shape index (κ1) is 22.6. The van der Waals surface area contributed by atoms with E-state index in [0.29, 0.717) is 29.0 Å². The molecule has 0 aliphatic heterocycles. The lowest BCUT2D eigenvalue weighted by Gasteiger charge is -2.25. The number of Topliss-reactive ketones (excluding diaryl/α,β-unsaturated/α-hetero) is 1. The molecule has 1 amide bonds. The Bertz CT molecular complexity index is 871. The lowest BCUT2D eigenvalue weighted by atomic mass is 9.85. The maximum absolute atomic E-state index is 14.5. The summed E-state index contributed by atoms with van der Waals surface area (Å²) in [4.78, 5) is 28.2. The summed E-state index contributed by atoms with van der Waals surface area (Å²) in [5, 5.41) is 4.06. The molecule has 0 radical (unpaired) electrons. The predicted octanol–water partition coefficient (Wildman–Crippen LogP) is 3.96. The fraction of sp³-hybridized carbons (Fsp3) is 0.500. The number of methoxy groups -OCH3 is 1. The molecule has 6 nitrogen and oxygen atoms in total. The number of pyridine rings is 1. The number of nitrogens with zero attached hydrogens (tertiary/aromatic N) is 1. The number of ether oxygens (including phenoxy) is 2. The van der Waals surface area contributed by atoms with E-state index in [9.17, 15) is 14.0 Å². The van der Waals surface area contributed by atoms with Crippen LogP contribution in [0.1, 0.15) is 44.0 Å². The molecule has 158 valence electrons. The highest BCUT2D eigenvalue weighted by atomic mass is 19.1. The molecule has 0 bridgehead atoms. The number of carbonyl (C=O) groups is 2. The molecule has 3 unspecified atom stereocenters. The molecule has 1 aromatic carbocycles. The number of rotatable bonds is 10. The molecular formula is C22H29FN2O4. The lowest BCUT2D eigenvalue weighted by Crippen LogP contribution is -2.32. The standard InChI is InChI=1S/C22H29FN2O4/c1-6-15(20(23)18(26)7-2)13(3)12-29-22-16-11-19(28-5)17(21(27)24-4)10-14(16)8-9-25-22/h8-11,13,15,20H,6-7,12H2,1-5H3,(H,24,27). The first-order valence-electron chi connectivity index (χ1n) is 9.86. The number of ketones is 1. The van der Waals surface area contributed by atoms with Crippen molar-refractivity contribution in [2.24, 2.45) is 11.8 Å². The lowest BCUT2D eigenvalue weighted by molar-refractivity contribution is -0.126. The number of alkyl halides is 1. The van der Waals surface area contributed by atoms with E-state index in [0.717, 1.165) is 5.39 Å². The number of hydrogen-bond acceptors (Lipinski definition) is 5. The first-order valence-corrected chi connectivity index (χ1v) is 9.86. The number of nitrogens with one attached hydrogen (secondary N) is 1. The summed E-state index contributed by atoms with van der Waals surface area (Å²) in [7, 11) is 3.05. The molecular weight excluding hydrogens is 375 g/mol. The number of hydrogen-bond donors (Lipinski definition) is 1. The molecule has 1 heterocycles. The van der Waals surface area contributed by atoms with Crippen LogP contribution < -0.4 is 14.8 Å². The molecule has 1 N–H and O–H groups in total. The van der Waals surface area contributed by atoms with Gasteiger partial charge >= 0.3 is 0 Å². The molecule has 3 atom stereocenters. The van der Waals surface area contributed by atoms with Crippen LogP contribution in [0.3, 0.4) is 0 Å². The van der Waals surface area contributed by atoms with Gasteiger partial charge in [0.15, 0.2) is 12.0 Å². The van der Waals surface area contributed by atoms with E-state index in [1.54, 1.807) is 38.4 Å². The minimum absolute atomic E-state index is 0.172. The summed E-state index contributed by atoms with van der Waals surface area (Å²) < 4.78 is 25.7. The SMILES string of the molecule is CCC(=O)C(F)C(CC)C(C)COc1nccc2cc(C(=O)NC)c(OC)cc12. The summed E-state index contributed by atoms with van der Waals surface area (Å²) in [5.74, 6) is -0.424. The van der Waals surface area contributed by atoms with Crippen molar-refractivity contribution in [3.8, 4) is 11.6 Å². The maximum Gasteiger partial charge on any atom is 0.254 e. The van der Waals surface area contributed by atoms with Gasteiger partial charge in [-0.2, -0.15) is 0 Å². The first-order chi connectivity index (χ1) is 13.9. The predicted molar refractivity (Wildman–Crippen MR) is 110 cm³/mol. The van der Waals surface area contributed by atoms with E-state index in [4.69, 9.17) is 9.47 Å². The number of fused-ring (bicyclic) bond motifs is 1. The van der Waals surface area contributed by atoms with Crippen LogP contribution in [0.4, 0.5) is 4.39 Å². The van der Waals surface area contributed by atoms with Crippen molar-refractivity contribution < 1.29 is 23.5 Å². The zero-order valence-corrected chi connectivity index (χ0v) is 17.6. The number of benzene rings is 1. The largest absolute Gasteiger partial charge is 0.496 e. The number of amides is 1. The Morgan fingerprint density at radius 2 is 2.00 bits per heavy atom. The monoisotopic (exact) mass is 404 g/mol. The Morgan fingerprint density at radius 3 is 2.59 bits per heavy atom. The Hall–Kier alpha value is -2.70. The van der Waals surface area contributed by atoms with Crippen LogP contribution in [0.25, 0.3) is 10.8 Å². The molecule has 0 fully saturated rings. The third-order valence-electron chi connectivity index (χ3n) is 5.24. The summed E-state index contributed by atoms with van der Waals surface area (Å²) in [6.07, 6.45) is 0.838. The van der Waals surface area contributed by atoms with E-state index < -0.39 is 12.1 Å². The minimum Gasteiger partial charge on any atom is -0.496 e. The second kappa shape index (κ2) is 10.2. The highest BCUT2D eigenvalue weighted by Crippen LogP contribution is 2.32. The molecule has 2 rings (SSSR count). The van der Waals surface area contributed by atoms with Crippen LogP contribution in [0.15, 0.2) is 24.4 Å². The van der Waals surface area contributed by atoms with Crippen molar-refractivity contribution in [3.63, 3.8) is 0 Å². The summed E-state index contributed by atoms with van der Waals surface area (Å²) in [5.41, 5.74) is 0.414. The van der Waals surface area contributed by atoms with Gasteiger partial charge in [-0.3, -0.25) is 9.59 Å². The molecule has 0 saturated heterocycles. The van der Waals surface area contributed by atoms with Gasteiger partial charge in [0, 0.05) is 31.0 Å². The zero-order chi connectivity index (χ0) is 21.6. The van der Waals surface area contributed by atoms with Gasteiger partial charge in [-0.05, 0) is 35.9 Å². The molecule has 0 saturated carbocycles. The van der Waals surface area contributed by atoms with E-state index in [1.807, 2.05) is 13.8 Å². The van der Waals surface area contributed by atoms with Gasteiger partial charge in [0.25, 0.3) is 5.91 Å². The van der Waals surface area contributed by atoms with Gasteiger partial charge in [-0.1, -0.05) is 20.8 Å². The topological polar surface area (TPSA) is 77.5 Å². The third kappa shape index (κ3) is 5.02. The van der Waals surface area contributed by atoms with Gasteiger partial charge in [0.05, 0.1) is 19.3 Å². The zero-order valence-electron chi connectivity index (χ0n) is 17.6. The van der Waals surface area contributed by atoms with E-state index in [1.165, 1.54) is 7.11 Å². The van der Waals surface area contributed by atoms with Crippen molar-refractivity contribution in [1.29, 1.82) is 0 Å². The van der Waals surface area contributed by atoms with Crippen LogP contribution in [0, 0.1) is 11.8 Å². The van der Waals surface area contributed by atoms with Crippen LogP contribution >= 0.6 is 0 Å². The molecule has 29 heavy (non-hydrogen) atoms. The van der Waals surface area contributed by atoms with Crippen molar-refractivity contribution in [3.05, 3.63) is 30.0 Å². The van der Waals surface area contributed by atoms with Crippen molar-refractivity contribution in [2.45, 2.75) is 39.8 Å².